The molecular formula is C22H19BrClN3O3. The van der Waals surface area contributed by atoms with E-state index in [0.29, 0.717) is 33.9 Å². The van der Waals surface area contributed by atoms with Crippen LogP contribution in [0.25, 0.3) is 17.0 Å². The minimum atomic E-state index is -0.255. The van der Waals surface area contributed by atoms with Crippen LogP contribution in [-0.2, 0) is 11.3 Å². The SMILES string of the molecule is CCCN(Cc1nc2cc(Cl)ccc2c(=O)[nH]1)C(=O)C1=Cc2cc(Br)ccc2OC1. The first-order valence-corrected chi connectivity index (χ1v) is 10.7. The number of fused-ring (bicyclic) bond motifs is 2. The van der Waals surface area contributed by atoms with E-state index in [0.717, 1.165) is 22.2 Å². The van der Waals surface area contributed by atoms with Gasteiger partial charge in [-0.2, -0.15) is 0 Å². The van der Waals surface area contributed by atoms with E-state index in [1.54, 1.807) is 23.1 Å². The predicted molar refractivity (Wildman–Crippen MR) is 121 cm³/mol. The molecule has 1 N–H and O–H groups in total. The Morgan fingerprint density at radius 3 is 2.93 bits per heavy atom. The predicted octanol–water partition coefficient (Wildman–Crippen LogP) is 4.55. The Bertz CT molecular complexity index is 1220. The van der Waals surface area contributed by atoms with Crippen LogP contribution in [-0.4, -0.2) is 33.9 Å². The number of carbonyl (C=O) groups excluding carboxylic acids is 1. The summed E-state index contributed by atoms with van der Waals surface area (Å²) in [5.74, 6) is 1.02. The second-order valence-corrected chi connectivity index (χ2v) is 8.39. The summed E-state index contributed by atoms with van der Waals surface area (Å²) >= 11 is 9.49. The van der Waals surface area contributed by atoms with Gasteiger partial charge < -0.3 is 14.6 Å². The van der Waals surface area contributed by atoms with Crippen LogP contribution in [0, 0.1) is 0 Å². The first-order chi connectivity index (χ1) is 14.4. The van der Waals surface area contributed by atoms with Gasteiger partial charge >= 0.3 is 0 Å². The fraction of sp³-hybridized carbons (Fsp3) is 0.227. The Kier molecular flexibility index (Phi) is 5.92. The maximum atomic E-state index is 13.2. The summed E-state index contributed by atoms with van der Waals surface area (Å²) in [7, 11) is 0. The molecule has 0 aliphatic carbocycles. The molecule has 0 saturated heterocycles. The average Bonchev–Trinajstić information content (AvgIpc) is 2.72. The van der Waals surface area contributed by atoms with Gasteiger partial charge in [0.1, 0.15) is 18.2 Å². The summed E-state index contributed by atoms with van der Waals surface area (Å²) in [5.41, 5.74) is 1.65. The van der Waals surface area contributed by atoms with Gasteiger partial charge in [-0.1, -0.05) is 34.5 Å². The molecule has 2 heterocycles. The van der Waals surface area contributed by atoms with Gasteiger partial charge in [-0.05, 0) is 48.9 Å². The Labute approximate surface area is 186 Å². The summed E-state index contributed by atoms with van der Waals surface area (Å²) in [5, 5.41) is 0.962. The molecule has 154 valence electrons. The summed E-state index contributed by atoms with van der Waals surface area (Å²) in [6.45, 7) is 2.91. The van der Waals surface area contributed by atoms with E-state index in [1.807, 2.05) is 31.2 Å². The zero-order valence-electron chi connectivity index (χ0n) is 16.2. The minimum Gasteiger partial charge on any atom is -0.488 e. The van der Waals surface area contributed by atoms with Gasteiger partial charge in [0.15, 0.2) is 0 Å². The van der Waals surface area contributed by atoms with Crippen LogP contribution < -0.4 is 10.3 Å². The zero-order valence-corrected chi connectivity index (χ0v) is 18.6. The van der Waals surface area contributed by atoms with Crippen LogP contribution in [0.2, 0.25) is 5.02 Å². The van der Waals surface area contributed by atoms with Gasteiger partial charge in [0.2, 0.25) is 0 Å². The van der Waals surface area contributed by atoms with Crippen molar-refractivity contribution >= 4 is 50.4 Å². The van der Waals surface area contributed by atoms with Crippen LogP contribution in [0.4, 0.5) is 0 Å². The van der Waals surface area contributed by atoms with Crippen molar-refractivity contribution in [3.63, 3.8) is 0 Å². The van der Waals surface area contributed by atoms with Crippen LogP contribution in [0.15, 0.2) is 51.2 Å². The lowest BCUT2D eigenvalue weighted by molar-refractivity contribution is -0.128. The molecule has 0 radical (unpaired) electrons. The number of hydrogen-bond donors (Lipinski definition) is 1. The smallest absolute Gasteiger partial charge is 0.258 e. The molecule has 1 amide bonds. The number of amides is 1. The van der Waals surface area contributed by atoms with Gasteiger partial charge in [0, 0.05) is 21.6 Å². The van der Waals surface area contributed by atoms with Gasteiger partial charge in [-0.25, -0.2) is 4.98 Å². The number of carbonyl (C=O) groups is 1. The van der Waals surface area contributed by atoms with E-state index in [4.69, 9.17) is 16.3 Å². The molecule has 0 unspecified atom stereocenters. The third-order valence-corrected chi connectivity index (χ3v) is 5.53. The quantitative estimate of drug-likeness (QED) is 0.571. The van der Waals surface area contributed by atoms with Gasteiger partial charge in [-0.15, -0.1) is 0 Å². The van der Waals surface area contributed by atoms with E-state index < -0.39 is 0 Å². The van der Waals surface area contributed by atoms with Crippen LogP contribution in [0.3, 0.4) is 0 Å². The number of aromatic nitrogens is 2. The summed E-state index contributed by atoms with van der Waals surface area (Å²) in [6.07, 6.45) is 2.62. The number of nitrogens with zero attached hydrogens (tertiary/aromatic N) is 2. The molecule has 0 fully saturated rings. The lowest BCUT2D eigenvalue weighted by Crippen LogP contribution is -2.35. The Balaban J connectivity index is 1.64. The molecule has 30 heavy (non-hydrogen) atoms. The molecule has 0 saturated carbocycles. The zero-order chi connectivity index (χ0) is 21.3. The molecule has 0 bridgehead atoms. The lowest BCUT2D eigenvalue weighted by atomic mass is 10.1. The molecule has 1 aromatic heterocycles. The minimum absolute atomic E-state index is 0.142. The highest BCUT2D eigenvalue weighted by atomic mass is 79.9. The van der Waals surface area contributed by atoms with Crippen molar-refractivity contribution in [2.45, 2.75) is 19.9 Å². The molecule has 0 atom stereocenters. The number of ether oxygens (including phenoxy) is 1. The fourth-order valence-corrected chi connectivity index (χ4v) is 3.96. The van der Waals surface area contributed by atoms with Crippen molar-refractivity contribution in [1.82, 2.24) is 14.9 Å². The summed E-state index contributed by atoms with van der Waals surface area (Å²) in [6, 6.07) is 10.6. The third-order valence-electron chi connectivity index (χ3n) is 4.80. The van der Waals surface area contributed by atoms with Crippen molar-refractivity contribution in [2.24, 2.45) is 0 Å². The first kappa shape index (κ1) is 20.6. The largest absolute Gasteiger partial charge is 0.488 e. The Morgan fingerprint density at radius 1 is 1.30 bits per heavy atom. The number of hydrogen-bond acceptors (Lipinski definition) is 4. The number of nitrogens with one attached hydrogen (secondary N) is 1. The normalized spacial score (nSPS) is 12.8. The molecular weight excluding hydrogens is 470 g/mol. The second kappa shape index (κ2) is 8.62. The van der Waals surface area contributed by atoms with Crippen molar-refractivity contribution in [3.8, 4) is 5.75 Å². The summed E-state index contributed by atoms with van der Waals surface area (Å²) < 4.78 is 6.67. The molecule has 0 spiro atoms. The molecule has 1 aliphatic rings. The van der Waals surface area contributed by atoms with Gasteiger partial charge in [0.25, 0.3) is 11.5 Å². The second-order valence-electron chi connectivity index (χ2n) is 7.04. The number of halogens is 2. The van der Waals surface area contributed by atoms with Crippen molar-refractivity contribution in [2.75, 3.05) is 13.2 Å². The lowest BCUT2D eigenvalue weighted by Gasteiger charge is -2.25. The van der Waals surface area contributed by atoms with Gasteiger partial charge in [0.05, 0.1) is 23.0 Å². The highest BCUT2D eigenvalue weighted by Gasteiger charge is 2.23. The molecule has 2 aromatic carbocycles. The van der Waals surface area contributed by atoms with E-state index in [-0.39, 0.29) is 24.6 Å². The molecule has 4 rings (SSSR count). The van der Waals surface area contributed by atoms with E-state index in [1.165, 1.54) is 0 Å². The van der Waals surface area contributed by atoms with Crippen molar-refractivity contribution in [1.29, 1.82) is 0 Å². The fourth-order valence-electron chi connectivity index (χ4n) is 3.41. The maximum Gasteiger partial charge on any atom is 0.258 e. The van der Waals surface area contributed by atoms with Crippen LogP contribution >= 0.6 is 27.5 Å². The highest BCUT2D eigenvalue weighted by Crippen LogP contribution is 2.30. The van der Waals surface area contributed by atoms with Crippen LogP contribution in [0.5, 0.6) is 5.75 Å². The Morgan fingerprint density at radius 2 is 2.13 bits per heavy atom. The van der Waals surface area contributed by atoms with E-state index >= 15 is 0 Å². The van der Waals surface area contributed by atoms with Gasteiger partial charge in [-0.3, -0.25) is 9.59 Å². The van der Waals surface area contributed by atoms with E-state index in [9.17, 15) is 9.59 Å². The molecule has 8 heteroatoms. The number of rotatable bonds is 5. The van der Waals surface area contributed by atoms with E-state index in [2.05, 4.69) is 25.9 Å². The number of aromatic amines is 1. The molecule has 3 aromatic rings. The monoisotopic (exact) mass is 487 g/mol. The topological polar surface area (TPSA) is 75.3 Å². The van der Waals surface area contributed by atoms with Crippen molar-refractivity contribution < 1.29 is 9.53 Å². The maximum absolute atomic E-state index is 13.2. The van der Waals surface area contributed by atoms with Crippen molar-refractivity contribution in [3.05, 3.63) is 73.2 Å². The Hall–Kier alpha value is -2.64. The standard InChI is InChI=1S/C22H19BrClN3O3/c1-2-7-27(11-20-25-18-10-16(24)4-5-17(18)21(28)26-20)22(29)14-8-13-9-15(23)3-6-19(13)30-12-14/h3-6,8-10H,2,7,11-12H2,1H3,(H,25,26,28). The third kappa shape index (κ3) is 4.27. The van der Waals surface area contributed by atoms with Crippen LogP contribution in [0.1, 0.15) is 24.7 Å². The number of H-pyrrole nitrogens is 1. The molecule has 1 aliphatic heterocycles. The summed E-state index contributed by atoms with van der Waals surface area (Å²) in [4.78, 5) is 34.6. The average molecular weight is 489 g/mol. The molecule has 6 nitrogen and oxygen atoms in total. The first-order valence-electron chi connectivity index (χ1n) is 9.55. The number of benzene rings is 2. The highest BCUT2D eigenvalue weighted by molar-refractivity contribution is 9.10.